The molecule has 0 aliphatic heterocycles. The summed E-state index contributed by atoms with van der Waals surface area (Å²) in [6.45, 7) is 2.32. The number of fused-ring (bicyclic) bond motifs is 7. The van der Waals surface area contributed by atoms with E-state index in [2.05, 4.69) is 19.1 Å². The molecule has 2 aromatic rings. The van der Waals surface area contributed by atoms with Crippen molar-refractivity contribution in [3.05, 3.63) is 41.0 Å². The van der Waals surface area contributed by atoms with Crippen LogP contribution in [0.1, 0.15) is 53.1 Å². The number of hydrogen-bond donors (Lipinski definition) is 1. The van der Waals surface area contributed by atoms with Crippen molar-refractivity contribution >= 4 is 22.7 Å². The molecule has 4 rings (SSSR count). The molecule has 0 heterocycles. The van der Waals surface area contributed by atoms with Gasteiger partial charge < -0.3 is 5.73 Å². The highest BCUT2D eigenvalue weighted by molar-refractivity contribution is 6.05. The summed E-state index contributed by atoms with van der Waals surface area (Å²) in [5.74, 6) is 1.80. The lowest BCUT2D eigenvalue weighted by molar-refractivity contribution is 0.112. The van der Waals surface area contributed by atoms with Gasteiger partial charge in [-0.05, 0) is 47.1 Å². The summed E-state index contributed by atoms with van der Waals surface area (Å²) in [6, 6.07) is 8.26. The number of nitrogens with two attached hydrogens (primary N) is 1. The molecular formula is C17H17NO. The predicted molar refractivity (Wildman–Crippen MR) is 77.6 cm³/mol. The van der Waals surface area contributed by atoms with Crippen LogP contribution in [-0.2, 0) is 0 Å². The van der Waals surface area contributed by atoms with Gasteiger partial charge in [-0.3, -0.25) is 4.79 Å². The van der Waals surface area contributed by atoms with Gasteiger partial charge in [0.1, 0.15) is 0 Å². The Bertz CT molecular complexity index is 704. The summed E-state index contributed by atoms with van der Waals surface area (Å²) in [5.41, 5.74) is 10.3. The summed E-state index contributed by atoms with van der Waals surface area (Å²) in [5, 5.41) is 2.31. The molecule has 1 unspecified atom stereocenters. The predicted octanol–water partition coefficient (Wildman–Crippen LogP) is 3.85. The van der Waals surface area contributed by atoms with Gasteiger partial charge in [-0.1, -0.05) is 31.2 Å². The zero-order valence-electron chi connectivity index (χ0n) is 11.0. The molecule has 2 aliphatic carbocycles. The van der Waals surface area contributed by atoms with Crippen molar-refractivity contribution in [1.29, 1.82) is 0 Å². The molecule has 1 saturated carbocycles. The van der Waals surface area contributed by atoms with Crippen molar-refractivity contribution in [2.75, 3.05) is 5.73 Å². The van der Waals surface area contributed by atoms with Gasteiger partial charge in [0.15, 0.2) is 6.29 Å². The second-order valence-electron chi connectivity index (χ2n) is 5.97. The molecule has 3 atom stereocenters. The van der Waals surface area contributed by atoms with E-state index in [1.165, 1.54) is 29.4 Å². The smallest absolute Gasteiger partial charge is 0.152 e. The maximum atomic E-state index is 11.5. The normalized spacial score (nSPS) is 27.7. The average molecular weight is 251 g/mol. The first-order valence-corrected chi connectivity index (χ1v) is 7.03. The Hall–Kier alpha value is -1.83. The van der Waals surface area contributed by atoms with Crippen LogP contribution in [0.5, 0.6) is 0 Å². The van der Waals surface area contributed by atoms with Crippen LogP contribution in [0.25, 0.3) is 10.8 Å². The van der Waals surface area contributed by atoms with Crippen molar-refractivity contribution in [2.24, 2.45) is 5.92 Å². The van der Waals surface area contributed by atoms with E-state index in [1.54, 1.807) is 0 Å². The second kappa shape index (κ2) is 3.60. The van der Waals surface area contributed by atoms with Crippen LogP contribution in [-0.4, -0.2) is 6.29 Å². The number of anilines is 1. The topological polar surface area (TPSA) is 43.1 Å². The van der Waals surface area contributed by atoms with E-state index in [0.29, 0.717) is 23.4 Å². The molecule has 0 amide bonds. The molecule has 2 aliphatic rings. The quantitative estimate of drug-likeness (QED) is 0.618. The van der Waals surface area contributed by atoms with Crippen molar-refractivity contribution < 1.29 is 4.79 Å². The van der Waals surface area contributed by atoms with Gasteiger partial charge in [0, 0.05) is 10.9 Å². The van der Waals surface area contributed by atoms with Crippen LogP contribution < -0.4 is 5.73 Å². The van der Waals surface area contributed by atoms with Gasteiger partial charge in [-0.2, -0.15) is 0 Å². The summed E-state index contributed by atoms with van der Waals surface area (Å²) < 4.78 is 0. The number of carbonyl (C=O) groups is 1. The minimum Gasteiger partial charge on any atom is -0.398 e. The van der Waals surface area contributed by atoms with Crippen LogP contribution in [0.15, 0.2) is 24.3 Å². The van der Waals surface area contributed by atoms with Gasteiger partial charge in [-0.25, -0.2) is 0 Å². The molecule has 96 valence electrons. The summed E-state index contributed by atoms with van der Waals surface area (Å²) in [6.07, 6.45) is 3.43. The molecule has 2 aromatic carbocycles. The molecule has 2 bridgehead atoms. The second-order valence-corrected chi connectivity index (χ2v) is 5.97. The lowest BCUT2D eigenvalue weighted by Gasteiger charge is -2.21. The maximum Gasteiger partial charge on any atom is 0.152 e. The lowest BCUT2D eigenvalue weighted by Crippen LogP contribution is -2.07. The molecule has 19 heavy (non-hydrogen) atoms. The highest BCUT2D eigenvalue weighted by atomic mass is 16.1. The Morgan fingerprint density at radius 2 is 1.74 bits per heavy atom. The summed E-state index contributed by atoms with van der Waals surface area (Å²) in [4.78, 5) is 11.5. The van der Waals surface area contributed by atoms with Crippen LogP contribution in [0.2, 0.25) is 0 Å². The third kappa shape index (κ3) is 1.19. The Labute approximate surface area is 112 Å². The number of benzene rings is 2. The fraction of sp³-hybridized carbons (Fsp3) is 0.353. The van der Waals surface area contributed by atoms with Gasteiger partial charge >= 0.3 is 0 Å². The number of rotatable bonds is 1. The first kappa shape index (κ1) is 11.0. The zero-order valence-corrected chi connectivity index (χ0v) is 11.0. The standard InChI is InChI=1S/C17H17NO/c1-9-10-6-7-11(9)16-14(8-19)17(18)13-5-3-2-4-12(13)15(10)16/h2-5,8-11H,6-7,18H2,1H3/t9-,10-,11?/m1/s1. The fourth-order valence-corrected chi connectivity index (χ4v) is 4.44. The first-order valence-electron chi connectivity index (χ1n) is 7.03. The van der Waals surface area contributed by atoms with E-state index >= 15 is 0 Å². The van der Waals surface area contributed by atoms with Gasteiger partial charge in [0.05, 0.1) is 5.69 Å². The van der Waals surface area contributed by atoms with E-state index in [0.717, 1.165) is 17.2 Å². The van der Waals surface area contributed by atoms with Crippen LogP contribution in [0.4, 0.5) is 5.69 Å². The van der Waals surface area contributed by atoms with E-state index in [1.807, 2.05) is 12.1 Å². The Balaban J connectivity index is 2.20. The van der Waals surface area contributed by atoms with Crippen molar-refractivity contribution in [2.45, 2.75) is 31.6 Å². The van der Waals surface area contributed by atoms with Crippen molar-refractivity contribution in [3.63, 3.8) is 0 Å². The Morgan fingerprint density at radius 1 is 1.11 bits per heavy atom. The minimum atomic E-state index is 0.534. The van der Waals surface area contributed by atoms with Gasteiger partial charge in [-0.15, -0.1) is 0 Å². The third-order valence-electron chi connectivity index (χ3n) is 5.30. The summed E-state index contributed by atoms with van der Waals surface area (Å²) >= 11 is 0. The van der Waals surface area contributed by atoms with Gasteiger partial charge in [0.2, 0.25) is 0 Å². The molecule has 0 aromatic heterocycles. The highest BCUT2D eigenvalue weighted by Gasteiger charge is 2.45. The number of aldehydes is 1. The van der Waals surface area contributed by atoms with Crippen LogP contribution in [0.3, 0.4) is 0 Å². The minimum absolute atomic E-state index is 0.534. The average Bonchev–Trinajstić information content (AvgIpc) is 2.93. The Morgan fingerprint density at radius 3 is 2.42 bits per heavy atom. The first-order chi connectivity index (χ1) is 9.24. The van der Waals surface area contributed by atoms with Gasteiger partial charge in [0.25, 0.3) is 0 Å². The molecule has 0 spiro atoms. The maximum absolute atomic E-state index is 11.5. The van der Waals surface area contributed by atoms with E-state index in [9.17, 15) is 4.79 Å². The lowest BCUT2D eigenvalue weighted by atomic mass is 9.84. The van der Waals surface area contributed by atoms with E-state index < -0.39 is 0 Å². The zero-order chi connectivity index (χ0) is 13.1. The molecule has 1 fully saturated rings. The number of hydrogen-bond acceptors (Lipinski definition) is 2. The molecule has 0 saturated heterocycles. The molecule has 2 N–H and O–H groups in total. The third-order valence-corrected chi connectivity index (χ3v) is 5.30. The highest BCUT2D eigenvalue weighted by Crippen LogP contribution is 2.60. The number of nitrogen functional groups attached to an aromatic ring is 1. The molecule has 0 radical (unpaired) electrons. The summed E-state index contributed by atoms with van der Waals surface area (Å²) in [7, 11) is 0. The largest absolute Gasteiger partial charge is 0.398 e. The van der Waals surface area contributed by atoms with E-state index in [4.69, 9.17) is 5.73 Å². The van der Waals surface area contributed by atoms with E-state index in [-0.39, 0.29) is 0 Å². The monoisotopic (exact) mass is 251 g/mol. The molecule has 2 heteroatoms. The number of carbonyl (C=O) groups excluding carboxylic acids is 1. The van der Waals surface area contributed by atoms with Crippen LogP contribution in [0, 0.1) is 5.92 Å². The van der Waals surface area contributed by atoms with Crippen LogP contribution >= 0.6 is 0 Å². The molecule has 2 nitrogen and oxygen atoms in total. The molecular weight excluding hydrogens is 234 g/mol. The Kier molecular flexibility index (Phi) is 2.09. The van der Waals surface area contributed by atoms with Crippen molar-refractivity contribution in [3.8, 4) is 0 Å². The fourth-order valence-electron chi connectivity index (χ4n) is 4.44. The SMILES string of the molecule is C[C@H]1C2CC[C@H]1c1c2c(C=O)c(N)c2ccccc12. The van der Waals surface area contributed by atoms with Crippen molar-refractivity contribution in [1.82, 2.24) is 0 Å².